The van der Waals surface area contributed by atoms with Gasteiger partial charge >= 0.3 is 5.97 Å². The van der Waals surface area contributed by atoms with Crippen molar-refractivity contribution >= 4 is 11.8 Å². The van der Waals surface area contributed by atoms with Gasteiger partial charge in [-0.15, -0.1) is 0 Å². The van der Waals surface area contributed by atoms with Gasteiger partial charge in [0.15, 0.2) is 0 Å². The average molecular weight is 266 g/mol. The molecule has 0 aromatic carbocycles. The van der Waals surface area contributed by atoms with Crippen LogP contribution in [0.15, 0.2) is 18.3 Å². The van der Waals surface area contributed by atoms with Crippen molar-refractivity contribution in [2.45, 2.75) is 26.7 Å². The van der Waals surface area contributed by atoms with Gasteiger partial charge in [-0.25, -0.2) is 9.78 Å². The number of esters is 1. The molecule has 1 aromatic rings. The average Bonchev–Trinajstić information content (AvgIpc) is 2.43. The standard InChI is InChI=1S/C14H22N2O3/c1-3-5-9-18-10-8-15-13-7-6-12(11-16-13)14(17)19-4-2/h6-7,11H,3-5,8-10H2,1-2H3,(H,15,16). The zero-order chi connectivity index (χ0) is 13.9. The first-order chi connectivity index (χ1) is 9.27. The molecule has 19 heavy (non-hydrogen) atoms. The first kappa shape index (κ1) is 15.4. The predicted octanol–water partition coefficient (Wildman–Crippen LogP) is 2.49. The molecule has 5 nitrogen and oxygen atoms in total. The number of ether oxygens (including phenoxy) is 2. The molecule has 0 saturated carbocycles. The molecule has 0 aliphatic carbocycles. The SMILES string of the molecule is CCCCOCCNc1ccc(C(=O)OCC)cn1. The number of hydrogen-bond donors (Lipinski definition) is 1. The highest BCUT2D eigenvalue weighted by atomic mass is 16.5. The summed E-state index contributed by atoms with van der Waals surface area (Å²) in [4.78, 5) is 15.6. The summed E-state index contributed by atoms with van der Waals surface area (Å²) >= 11 is 0. The normalized spacial score (nSPS) is 10.2. The third-order valence-corrected chi connectivity index (χ3v) is 2.47. The van der Waals surface area contributed by atoms with E-state index in [4.69, 9.17) is 9.47 Å². The largest absolute Gasteiger partial charge is 0.462 e. The van der Waals surface area contributed by atoms with Gasteiger partial charge in [0.1, 0.15) is 5.82 Å². The Morgan fingerprint density at radius 2 is 2.16 bits per heavy atom. The van der Waals surface area contributed by atoms with Crippen LogP contribution in [0.4, 0.5) is 5.82 Å². The van der Waals surface area contributed by atoms with E-state index < -0.39 is 0 Å². The molecule has 0 aliphatic rings. The molecule has 1 N–H and O–H groups in total. The van der Waals surface area contributed by atoms with E-state index in [9.17, 15) is 4.79 Å². The van der Waals surface area contributed by atoms with Crippen LogP contribution in [-0.2, 0) is 9.47 Å². The van der Waals surface area contributed by atoms with Crippen LogP contribution >= 0.6 is 0 Å². The van der Waals surface area contributed by atoms with E-state index >= 15 is 0 Å². The Morgan fingerprint density at radius 3 is 2.79 bits per heavy atom. The van der Waals surface area contributed by atoms with Crippen molar-refractivity contribution < 1.29 is 14.3 Å². The Labute approximate surface area is 114 Å². The summed E-state index contributed by atoms with van der Waals surface area (Å²) in [5.74, 6) is 0.386. The van der Waals surface area contributed by atoms with Crippen molar-refractivity contribution in [1.82, 2.24) is 4.98 Å². The molecule has 0 amide bonds. The van der Waals surface area contributed by atoms with Gasteiger partial charge in [-0.1, -0.05) is 13.3 Å². The van der Waals surface area contributed by atoms with Crippen molar-refractivity contribution in [1.29, 1.82) is 0 Å². The predicted molar refractivity (Wildman–Crippen MR) is 74.4 cm³/mol. The number of anilines is 1. The van der Waals surface area contributed by atoms with E-state index in [0.717, 1.165) is 25.3 Å². The monoisotopic (exact) mass is 266 g/mol. The van der Waals surface area contributed by atoms with E-state index in [2.05, 4.69) is 17.2 Å². The smallest absolute Gasteiger partial charge is 0.339 e. The lowest BCUT2D eigenvalue weighted by Gasteiger charge is -2.07. The minimum Gasteiger partial charge on any atom is -0.462 e. The number of nitrogens with one attached hydrogen (secondary N) is 1. The molecule has 0 bridgehead atoms. The van der Waals surface area contributed by atoms with Gasteiger partial charge in [-0.3, -0.25) is 0 Å². The molecule has 1 aromatic heterocycles. The molecule has 5 heteroatoms. The van der Waals surface area contributed by atoms with Crippen LogP contribution in [-0.4, -0.2) is 37.3 Å². The summed E-state index contributed by atoms with van der Waals surface area (Å²) in [5, 5.41) is 3.13. The van der Waals surface area contributed by atoms with E-state index in [-0.39, 0.29) is 5.97 Å². The van der Waals surface area contributed by atoms with Crippen LogP contribution in [0.25, 0.3) is 0 Å². The third-order valence-electron chi connectivity index (χ3n) is 2.47. The maximum Gasteiger partial charge on any atom is 0.339 e. The molecule has 0 saturated heterocycles. The Morgan fingerprint density at radius 1 is 1.32 bits per heavy atom. The van der Waals surface area contributed by atoms with E-state index in [1.807, 2.05) is 0 Å². The van der Waals surface area contributed by atoms with Crippen LogP contribution in [0.3, 0.4) is 0 Å². The minimum absolute atomic E-state index is 0.343. The number of pyridine rings is 1. The summed E-state index contributed by atoms with van der Waals surface area (Å²) in [6.45, 7) is 6.44. The van der Waals surface area contributed by atoms with Gasteiger partial charge in [0.25, 0.3) is 0 Å². The highest BCUT2D eigenvalue weighted by molar-refractivity contribution is 5.89. The quantitative estimate of drug-likeness (QED) is 0.549. The van der Waals surface area contributed by atoms with E-state index in [0.29, 0.717) is 25.3 Å². The highest BCUT2D eigenvalue weighted by Gasteiger charge is 2.06. The summed E-state index contributed by atoms with van der Waals surface area (Å²) in [6.07, 6.45) is 3.75. The number of aromatic nitrogens is 1. The number of nitrogens with zero attached hydrogens (tertiary/aromatic N) is 1. The van der Waals surface area contributed by atoms with Crippen LogP contribution < -0.4 is 5.32 Å². The summed E-state index contributed by atoms with van der Waals surface area (Å²) in [6, 6.07) is 3.46. The van der Waals surface area contributed by atoms with Gasteiger partial charge in [0, 0.05) is 19.3 Å². The van der Waals surface area contributed by atoms with Crippen LogP contribution in [0, 0.1) is 0 Å². The second-order valence-corrected chi connectivity index (χ2v) is 4.05. The molecule has 106 valence electrons. The molecule has 0 unspecified atom stereocenters. The van der Waals surface area contributed by atoms with Crippen molar-refractivity contribution in [3.63, 3.8) is 0 Å². The topological polar surface area (TPSA) is 60.5 Å². The van der Waals surface area contributed by atoms with Crippen LogP contribution in [0.2, 0.25) is 0 Å². The fourth-order valence-corrected chi connectivity index (χ4v) is 1.43. The molecule has 0 aliphatic heterocycles. The highest BCUT2D eigenvalue weighted by Crippen LogP contribution is 2.06. The van der Waals surface area contributed by atoms with Crippen molar-refractivity contribution in [2.75, 3.05) is 31.7 Å². The Balaban J connectivity index is 2.26. The molecule has 1 heterocycles. The lowest BCUT2D eigenvalue weighted by molar-refractivity contribution is 0.0526. The van der Waals surface area contributed by atoms with Crippen molar-refractivity contribution in [3.05, 3.63) is 23.9 Å². The van der Waals surface area contributed by atoms with Gasteiger partial charge in [-0.05, 0) is 25.5 Å². The zero-order valence-corrected chi connectivity index (χ0v) is 11.6. The zero-order valence-electron chi connectivity index (χ0n) is 11.6. The summed E-state index contributed by atoms with van der Waals surface area (Å²) < 4.78 is 10.3. The summed E-state index contributed by atoms with van der Waals surface area (Å²) in [5.41, 5.74) is 0.464. The third kappa shape index (κ3) is 6.20. The lowest BCUT2D eigenvalue weighted by atomic mass is 10.3. The minimum atomic E-state index is -0.343. The van der Waals surface area contributed by atoms with Gasteiger partial charge < -0.3 is 14.8 Å². The fourth-order valence-electron chi connectivity index (χ4n) is 1.43. The molecular weight excluding hydrogens is 244 g/mol. The van der Waals surface area contributed by atoms with Crippen molar-refractivity contribution in [2.24, 2.45) is 0 Å². The Kier molecular flexibility index (Phi) is 7.58. The van der Waals surface area contributed by atoms with Gasteiger partial charge in [0.05, 0.1) is 18.8 Å². The van der Waals surface area contributed by atoms with Crippen LogP contribution in [0.5, 0.6) is 0 Å². The fraction of sp³-hybridized carbons (Fsp3) is 0.571. The Hall–Kier alpha value is -1.62. The van der Waals surface area contributed by atoms with E-state index in [1.54, 1.807) is 19.1 Å². The van der Waals surface area contributed by atoms with Crippen molar-refractivity contribution in [3.8, 4) is 0 Å². The number of carbonyl (C=O) groups excluding carboxylic acids is 1. The molecule has 0 spiro atoms. The molecular formula is C14H22N2O3. The molecule has 0 radical (unpaired) electrons. The number of carbonyl (C=O) groups is 1. The second kappa shape index (κ2) is 9.33. The molecule has 1 rings (SSSR count). The maximum atomic E-state index is 11.4. The molecule has 0 fully saturated rings. The first-order valence-corrected chi connectivity index (χ1v) is 6.72. The van der Waals surface area contributed by atoms with Gasteiger partial charge in [-0.2, -0.15) is 0 Å². The number of rotatable bonds is 9. The van der Waals surface area contributed by atoms with Gasteiger partial charge in [0.2, 0.25) is 0 Å². The lowest BCUT2D eigenvalue weighted by Crippen LogP contribution is -2.11. The number of hydrogen-bond acceptors (Lipinski definition) is 5. The van der Waals surface area contributed by atoms with Crippen LogP contribution in [0.1, 0.15) is 37.0 Å². The summed E-state index contributed by atoms with van der Waals surface area (Å²) in [7, 11) is 0. The maximum absolute atomic E-state index is 11.4. The number of unbranched alkanes of at least 4 members (excludes halogenated alkanes) is 1. The van der Waals surface area contributed by atoms with E-state index in [1.165, 1.54) is 6.20 Å². The first-order valence-electron chi connectivity index (χ1n) is 6.72. The Bertz CT molecular complexity index is 365. The second-order valence-electron chi connectivity index (χ2n) is 4.05. The molecule has 0 atom stereocenters.